The molecule has 0 radical (unpaired) electrons. The second-order valence-corrected chi connectivity index (χ2v) is 11.3. The van der Waals surface area contributed by atoms with Gasteiger partial charge in [0.1, 0.15) is 0 Å². The molecule has 31 heavy (non-hydrogen) atoms. The summed E-state index contributed by atoms with van der Waals surface area (Å²) in [6, 6.07) is 9.95. The number of nitrogens with zero attached hydrogens (tertiary/aromatic N) is 2. The number of benzene rings is 1. The van der Waals surface area contributed by atoms with Crippen LogP contribution in [-0.2, 0) is 14.8 Å². The maximum atomic E-state index is 12.7. The topological polar surface area (TPSA) is 128 Å². The Morgan fingerprint density at radius 2 is 2.00 bits per heavy atom. The van der Waals surface area contributed by atoms with Gasteiger partial charge in [0, 0.05) is 28.2 Å². The summed E-state index contributed by atoms with van der Waals surface area (Å²) in [5.74, 6) is 0. The Hall–Kier alpha value is -1.50. The van der Waals surface area contributed by atoms with Crippen molar-refractivity contribution in [1.82, 2.24) is 10.2 Å². The lowest BCUT2D eigenvalue weighted by Crippen LogP contribution is -2.67. The Morgan fingerprint density at radius 1 is 1.32 bits per heavy atom. The van der Waals surface area contributed by atoms with Crippen molar-refractivity contribution < 1.29 is 18.1 Å². The summed E-state index contributed by atoms with van der Waals surface area (Å²) in [7, 11) is -4.15. The molecule has 11 heteroatoms. The number of sulfonamides is 1. The van der Waals surface area contributed by atoms with Gasteiger partial charge in [-0.1, -0.05) is 37.3 Å². The minimum absolute atomic E-state index is 0.124. The second-order valence-electron chi connectivity index (χ2n) is 8.01. The summed E-state index contributed by atoms with van der Waals surface area (Å²) in [4.78, 5) is 13.0. The molecule has 2 unspecified atom stereocenters. The average Bonchev–Trinajstić information content (AvgIpc) is 2.74. The molecule has 1 saturated heterocycles. The molecule has 0 saturated carbocycles. The van der Waals surface area contributed by atoms with Gasteiger partial charge in [-0.3, -0.25) is 15.4 Å². The number of nitro groups is 1. The predicted octanol–water partition coefficient (Wildman–Crippen LogP) is 1.79. The molecular weight excluding hydrogens is 440 g/mol. The molecule has 3 atom stereocenters. The monoisotopic (exact) mass is 470 g/mol. The summed E-state index contributed by atoms with van der Waals surface area (Å²) in [6.07, 6.45) is 3.61. The normalized spacial score (nSPS) is 28.3. The summed E-state index contributed by atoms with van der Waals surface area (Å²) in [6.45, 7) is 3.93. The van der Waals surface area contributed by atoms with Gasteiger partial charge < -0.3 is 4.74 Å². The van der Waals surface area contributed by atoms with Crippen molar-refractivity contribution in [2.45, 2.75) is 46.9 Å². The highest BCUT2D eigenvalue weighted by Gasteiger charge is 2.58. The number of morpholine rings is 1. The first-order valence-corrected chi connectivity index (χ1v) is 12.8. The molecule has 172 valence electrons. The number of hydrogen-bond donors (Lipinski definition) is 2. The first-order valence-electron chi connectivity index (χ1n) is 10.3. The van der Waals surface area contributed by atoms with Crippen molar-refractivity contribution in [2.75, 3.05) is 32.8 Å². The lowest BCUT2D eigenvalue weighted by molar-refractivity contribution is -0.605. The third-order valence-corrected chi connectivity index (χ3v) is 8.50. The van der Waals surface area contributed by atoms with Crippen molar-refractivity contribution in [3.8, 4) is 0 Å². The van der Waals surface area contributed by atoms with Gasteiger partial charge in [0.25, 0.3) is 5.66 Å². The summed E-state index contributed by atoms with van der Waals surface area (Å²) < 4.78 is 30.7. The molecule has 2 aliphatic rings. The van der Waals surface area contributed by atoms with Crippen LogP contribution in [0, 0.1) is 10.1 Å². The van der Waals surface area contributed by atoms with E-state index in [9.17, 15) is 18.5 Å². The molecule has 1 aliphatic carbocycles. The van der Waals surface area contributed by atoms with Gasteiger partial charge >= 0.3 is 0 Å². The first kappa shape index (κ1) is 24.1. The largest absolute Gasteiger partial charge is 0.379 e. The zero-order valence-electron chi connectivity index (χ0n) is 17.6. The van der Waals surface area contributed by atoms with Crippen LogP contribution < -0.4 is 10.5 Å². The summed E-state index contributed by atoms with van der Waals surface area (Å²) in [5, 5.41) is 21.1. The van der Waals surface area contributed by atoms with Gasteiger partial charge in [0.15, 0.2) is 4.87 Å². The Labute approximate surface area is 187 Å². The van der Waals surface area contributed by atoms with Crippen LogP contribution in [0.3, 0.4) is 0 Å². The van der Waals surface area contributed by atoms with Gasteiger partial charge in [0.2, 0.25) is 10.0 Å². The van der Waals surface area contributed by atoms with Gasteiger partial charge in [-0.15, -0.1) is 11.8 Å². The zero-order chi connectivity index (χ0) is 22.5. The van der Waals surface area contributed by atoms with E-state index < -0.39 is 20.6 Å². The highest BCUT2D eigenvalue weighted by atomic mass is 32.2. The van der Waals surface area contributed by atoms with Crippen LogP contribution in [-0.4, -0.2) is 66.9 Å². The maximum absolute atomic E-state index is 12.7. The van der Waals surface area contributed by atoms with Crippen LogP contribution >= 0.6 is 11.8 Å². The Kier molecular flexibility index (Phi) is 7.76. The summed E-state index contributed by atoms with van der Waals surface area (Å²) >= 11 is 1.69. The van der Waals surface area contributed by atoms with E-state index in [-0.39, 0.29) is 23.0 Å². The molecule has 1 heterocycles. The summed E-state index contributed by atoms with van der Waals surface area (Å²) in [5.41, 5.74) is -1.54. The lowest BCUT2D eigenvalue weighted by atomic mass is 9.88. The highest BCUT2D eigenvalue weighted by Crippen LogP contribution is 2.38. The molecule has 1 aliphatic heterocycles. The van der Waals surface area contributed by atoms with Crippen LogP contribution in [0.5, 0.6) is 0 Å². The zero-order valence-corrected chi connectivity index (χ0v) is 19.2. The number of primary sulfonamides is 1. The molecule has 0 aromatic heterocycles. The van der Waals surface area contributed by atoms with Gasteiger partial charge in [-0.25, -0.2) is 18.5 Å². The van der Waals surface area contributed by atoms with E-state index in [0.717, 1.165) is 4.90 Å². The minimum Gasteiger partial charge on any atom is -0.379 e. The van der Waals surface area contributed by atoms with E-state index >= 15 is 0 Å². The van der Waals surface area contributed by atoms with Crippen molar-refractivity contribution >= 4 is 21.8 Å². The number of thioether (sulfide) groups is 1. The first-order chi connectivity index (χ1) is 14.7. The van der Waals surface area contributed by atoms with Crippen LogP contribution in [0.1, 0.15) is 26.2 Å². The highest BCUT2D eigenvalue weighted by molar-refractivity contribution is 8.00. The predicted molar refractivity (Wildman–Crippen MR) is 121 cm³/mol. The Morgan fingerprint density at radius 3 is 2.61 bits per heavy atom. The Balaban J connectivity index is 1.74. The van der Waals surface area contributed by atoms with Crippen LogP contribution in [0.2, 0.25) is 0 Å². The van der Waals surface area contributed by atoms with Crippen LogP contribution in [0.4, 0.5) is 0 Å². The smallest absolute Gasteiger partial charge is 0.284 e. The standard InChI is InChI=1S/C20H30N4O5S2/c1-17(30-18-6-3-2-4-7-18)8-11-22-19(31(21,27)28)9-5-10-20(16-19,24(25)26)23-12-14-29-15-13-23/h2-7,9,17,22H,8,10-16H2,1H3,(H2,21,27,28)/t17?,19-,20?/m0/s1. The third kappa shape index (κ3) is 5.47. The number of ether oxygens (including phenoxy) is 1. The van der Waals surface area contributed by atoms with Crippen molar-refractivity contribution in [3.05, 3.63) is 52.6 Å². The van der Waals surface area contributed by atoms with Crippen LogP contribution in [0.15, 0.2) is 47.4 Å². The van der Waals surface area contributed by atoms with Crippen molar-refractivity contribution in [2.24, 2.45) is 5.14 Å². The van der Waals surface area contributed by atoms with Gasteiger partial charge in [-0.2, -0.15) is 0 Å². The van der Waals surface area contributed by atoms with Gasteiger partial charge in [-0.05, 0) is 25.1 Å². The fourth-order valence-corrected chi connectivity index (χ4v) is 6.20. The van der Waals surface area contributed by atoms with E-state index in [1.807, 2.05) is 30.3 Å². The Bertz CT molecular complexity index is 892. The number of nitrogens with two attached hydrogens (primary N) is 1. The fraction of sp³-hybridized carbons (Fsp3) is 0.600. The lowest BCUT2D eigenvalue weighted by Gasteiger charge is -2.44. The van der Waals surface area contributed by atoms with E-state index in [0.29, 0.717) is 39.3 Å². The second kappa shape index (κ2) is 9.97. The molecule has 0 bridgehead atoms. The average molecular weight is 471 g/mol. The fourth-order valence-electron chi connectivity index (χ4n) is 4.16. The number of hydrogen-bond acceptors (Lipinski definition) is 8. The molecule has 0 amide bonds. The molecule has 0 spiro atoms. The molecular formula is C20H30N4O5S2. The van der Waals surface area contributed by atoms with Crippen LogP contribution in [0.25, 0.3) is 0 Å². The molecule has 1 fully saturated rings. The van der Waals surface area contributed by atoms with Crippen molar-refractivity contribution in [3.63, 3.8) is 0 Å². The van der Waals surface area contributed by atoms with E-state index in [1.54, 1.807) is 22.7 Å². The molecule has 1 aromatic carbocycles. The van der Waals surface area contributed by atoms with E-state index in [4.69, 9.17) is 9.88 Å². The number of nitrogens with one attached hydrogen (secondary N) is 1. The van der Waals surface area contributed by atoms with Gasteiger partial charge in [0.05, 0.1) is 26.1 Å². The maximum Gasteiger partial charge on any atom is 0.284 e. The molecule has 1 aromatic rings. The number of rotatable bonds is 9. The third-order valence-electron chi connectivity index (χ3n) is 5.88. The minimum atomic E-state index is -4.15. The quantitative estimate of drug-likeness (QED) is 0.242. The SMILES string of the molecule is CC(CCN[C@]1(S(N)(=O)=O)C=CCC(N2CCOCC2)([N+](=O)[O-])C1)Sc1ccccc1. The molecule has 3 N–H and O–H groups in total. The van der Waals surface area contributed by atoms with E-state index in [1.165, 1.54) is 6.08 Å². The van der Waals surface area contributed by atoms with Crippen molar-refractivity contribution in [1.29, 1.82) is 0 Å². The molecule has 9 nitrogen and oxygen atoms in total. The molecule has 3 rings (SSSR count). The van der Waals surface area contributed by atoms with E-state index in [2.05, 4.69) is 12.2 Å².